The maximum absolute atomic E-state index is 12.4. The molecule has 2 amide bonds. The molecule has 1 fully saturated rings. The normalized spacial score (nSPS) is 14.4. The van der Waals surface area contributed by atoms with Gasteiger partial charge in [-0.05, 0) is 38.1 Å². The third kappa shape index (κ3) is 5.71. The van der Waals surface area contributed by atoms with Gasteiger partial charge >= 0.3 is 0 Å². The molecular weight excluding hydrogens is 418 g/mol. The van der Waals surface area contributed by atoms with E-state index < -0.39 is 0 Å². The van der Waals surface area contributed by atoms with E-state index >= 15 is 0 Å². The molecule has 0 bridgehead atoms. The third-order valence-corrected chi connectivity index (χ3v) is 6.40. The van der Waals surface area contributed by atoms with Crippen molar-refractivity contribution in [3.05, 3.63) is 58.0 Å². The summed E-state index contributed by atoms with van der Waals surface area (Å²) in [7, 11) is 0. The Morgan fingerprint density at radius 2 is 1.57 bits per heavy atom. The molecular formula is C21H23N5O2S2. The molecule has 3 heterocycles. The number of benzene rings is 1. The Bertz CT molecular complexity index is 996. The van der Waals surface area contributed by atoms with E-state index in [9.17, 15) is 9.59 Å². The van der Waals surface area contributed by atoms with Gasteiger partial charge in [0.2, 0.25) is 5.91 Å². The van der Waals surface area contributed by atoms with Crippen LogP contribution in [0.4, 0.5) is 10.3 Å². The number of nitrogens with zero attached hydrogens (tertiary/aromatic N) is 3. The maximum Gasteiger partial charge on any atom is 0.257 e. The summed E-state index contributed by atoms with van der Waals surface area (Å²) in [5.74, 6) is -0.384. The maximum atomic E-state index is 12.4. The second-order valence-electron chi connectivity index (χ2n) is 7.17. The SMILES string of the molecule is O=C(Cc1csc(NC(=O)c2ccccc2)n1)Nc1nc(CN2CCCCC2)cs1. The van der Waals surface area contributed by atoms with E-state index in [1.807, 2.05) is 23.6 Å². The van der Waals surface area contributed by atoms with Crippen molar-refractivity contribution < 1.29 is 9.59 Å². The number of thiazole rings is 2. The number of aromatic nitrogens is 2. The molecule has 0 spiro atoms. The molecule has 1 aliphatic heterocycles. The fraction of sp³-hybridized carbons (Fsp3) is 0.333. The van der Waals surface area contributed by atoms with Gasteiger partial charge in [0.15, 0.2) is 10.3 Å². The van der Waals surface area contributed by atoms with E-state index in [0.29, 0.717) is 21.5 Å². The van der Waals surface area contributed by atoms with Crippen molar-refractivity contribution in [1.82, 2.24) is 14.9 Å². The topological polar surface area (TPSA) is 87.2 Å². The van der Waals surface area contributed by atoms with E-state index in [0.717, 1.165) is 25.3 Å². The number of hydrogen-bond acceptors (Lipinski definition) is 7. The summed E-state index contributed by atoms with van der Waals surface area (Å²) < 4.78 is 0. The Kier molecular flexibility index (Phi) is 6.83. The Hall–Kier alpha value is -2.62. The molecule has 0 saturated carbocycles. The number of carbonyl (C=O) groups is 2. The van der Waals surface area contributed by atoms with Crippen molar-refractivity contribution in [3.8, 4) is 0 Å². The molecule has 0 atom stereocenters. The Balaban J connectivity index is 1.27. The molecule has 0 aliphatic carbocycles. The minimum atomic E-state index is -0.218. The smallest absolute Gasteiger partial charge is 0.257 e. The van der Waals surface area contributed by atoms with Crippen LogP contribution in [-0.4, -0.2) is 39.8 Å². The van der Waals surface area contributed by atoms with E-state index in [-0.39, 0.29) is 18.2 Å². The van der Waals surface area contributed by atoms with Crippen LogP contribution in [0.3, 0.4) is 0 Å². The minimum absolute atomic E-state index is 0.138. The predicted octanol–water partition coefficient (Wildman–Crippen LogP) is 4.02. The lowest BCUT2D eigenvalue weighted by Gasteiger charge is -2.25. The summed E-state index contributed by atoms with van der Waals surface area (Å²) in [6, 6.07) is 8.96. The molecule has 1 aromatic carbocycles. The summed E-state index contributed by atoms with van der Waals surface area (Å²) >= 11 is 2.75. The first kappa shape index (κ1) is 20.6. The van der Waals surface area contributed by atoms with Crippen molar-refractivity contribution in [1.29, 1.82) is 0 Å². The first-order valence-corrected chi connectivity index (χ1v) is 11.7. The lowest BCUT2D eigenvalue weighted by molar-refractivity contribution is -0.115. The monoisotopic (exact) mass is 441 g/mol. The molecule has 30 heavy (non-hydrogen) atoms. The van der Waals surface area contributed by atoms with Gasteiger partial charge in [-0.3, -0.25) is 19.8 Å². The molecule has 0 unspecified atom stereocenters. The van der Waals surface area contributed by atoms with Crippen molar-refractivity contribution in [3.63, 3.8) is 0 Å². The van der Waals surface area contributed by atoms with Gasteiger partial charge in [0.1, 0.15) is 0 Å². The lowest BCUT2D eigenvalue weighted by atomic mass is 10.1. The van der Waals surface area contributed by atoms with Gasteiger partial charge in [-0.2, -0.15) is 0 Å². The minimum Gasteiger partial charge on any atom is -0.302 e. The van der Waals surface area contributed by atoms with Gasteiger partial charge < -0.3 is 5.32 Å². The van der Waals surface area contributed by atoms with Crippen LogP contribution < -0.4 is 10.6 Å². The number of anilines is 2. The van der Waals surface area contributed by atoms with E-state index in [1.165, 1.54) is 41.9 Å². The molecule has 2 N–H and O–H groups in total. The third-order valence-electron chi connectivity index (χ3n) is 4.78. The molecule has 0 radical (unpaired) electrons. The van der Waals surface area contributed by atoms with Crippen LogP contribution in [0, 0.1) is 0 Å². The largest absolute Gasteiger partial charge is 0.302 e. The van der Waals surface area contributed by atoms with Gasteiger partial charge in [-0.15, -0.1) is 22.7 Å². The number of piperidine rings is 1. The van der Waals surface area contributed by atoms with Crippen molar-refractivity contribution in [2.75, 3.05) is 23.7 Å². The van der Waals surface area contributed by atoms with Crippen LogP contribution in [-0.2, 0) is 17.8 Å². The van der Waals surface area contributed by atoms with Crippen LogP contribution in [0.5, 0.6) is 0 Å². The second-order valence-corrected chi connectivity index (χ2v) is 8.89. The first-order valence-electron chi connectivity index (χ1n) is 9.93. The van der Waals surface area contributed by atoms with Crippen LogP contribution in [0.1, 0.15) is 41.0 Å². The number of carbonyl (C=O) groups excluding carboxylic acids is 2. The highest BCUT2D eigenvalue weighted by molar-refractivity contribution is 7.14. The van der Waals surface area contributed by atoms with E-state index in [4.69, 9.17) is 0 Å². The van der Waals surface area contributed by atoms with Gasteiger partial charge in [-0.1, -0.05) is 24.6 Å². The summed E-state index contributed by atoms with van der Waals surface area (Å²) in [6.07, 6.45) is 3.94. The first-order chi connectivity index (χ1) is 14.7. The summed E-state index contributed by atoms with van der Waals surface area (Å²) in [5, 5.41) is 10.5. The number of amides is 2. The average Bonchev–Trinajstić information content (AvgIpc) is 3.38. The van der Waals surface area contributed by atoms with Gasteiger partial charge in [0.05, 0.1) is 17.8 Å². The molecule has 9 heteroatoms. The number of likely N-dealkylation sites (tertiary alicyclic amines) is 1. The van der Waals surface area contributed by atoms with Gasteiger partial charge in [0, 0.05) is 22.9 Å². The number of hydrogen-bond donors (Lipinski definition) is 2. The molecule has 7 nitrogen and oxygen atoms in total. The molecule has 1 saturated heterocycles. The van der Waals surface area contributed by atoms with E-state index in [2.05, 4.69) is 25.5 Å². The summed E-state index contributed by atoms with van der Waals surface area (Å²) in [4.78, 5) is 35.8. The van der Waals surface area contributed by atoms with Crippen LogP contribution in [0.15, 0.2) is 41.1 Å². The molecule has 1 aliphatic rings. The number of nitrogens with one attached hydrogen (secondary N) is 2. The fourth-order valence-corrected chi connectivity index (χ4v) is 4.74. The fourth-order valence-electron chi connectivity index (χ4n) is 3.32. The second kappa shape index (κ2) is 9.92. The highest BCUT2D eigenvalue weighted by Crippen LogP contribution is 2.20. The van der Waals surface area contributed by atoms with Crippen LogP contribution >= 0.6 is 22.7 Å². The Morgan fingerprint density at radius 3 is 2.33 bits per heavy atom. The van der Waals surface area contributed by atoms with Crippen LogP contribution in [0.2, 0.25) is 0 Å². The molecule has 156 valence electrons. The van der Waals surface area contributed by atoms with Crippen molar-refractivity contribution in [2.24, 2.45) is 0 Å². The van der Waals surface area contributed by atoms with Crippen LogP contribution in [0.25, 0.3) is 0 Å². The molecule has 4 rings (SSSR count). The zero-order valence-corrected chi connectivity index (χ0v) is 18.1. The molecule has 3 aromatic rings. The van der Waals surface area contributed by atoms with E-state index in [1.54, 1.807) is 17.5 Å². The van der Waals surface area contributed by atoms with Crippen molar-refractivity contribution in [2.45, 2.75) is 32.2 Å². The Labute approximate surface area is 183 Å². The Morgan fingerprint density at radius 1 is 0.900 bits per heavy atom. The highest BCUT2D eigenvalue weighted by atomic mass is 32.1. The van der Waals surface area contributed by atoms with Gasteiger partial charge in [-0.25, -0.2) is 9.97 Å². The zero-order valence-electron chi connectivity index (χ0n) is 16.5. The predicted molar refractivity (Wildman–Crippen MR) is 120 cm³/mol. The quantitative estimate of drug-likeness (QED) is 0.578. The van der Waals surface area contributed by atoms with Crippen molar-refractivity contribution >= 4 is 44.8 Å². The average molecular weight is 442 g/mol. The van der Waals surface area contributed by atoms with Gasteiger partial charge in [0.25, 0.3) is 5.91 Å². The zero-order chi connectivity index (χ0) is 20.8. The standard InChI is InChI=1S/C21H23N5O2S2/c27-18(24-20-23-17(14-30-20)12-26-9-5-2-6-10-26)11-16-13-29-21(22-16)25-19(28)15-7-3-1-4-8-15/h1,3-4,7-8,13-14H,2,5-6,9-12H2,(H,22,25,28)(H,23,24,27). The highest BCUT2D eigenvalue weighted by Gasteiger charge is 2.15. The lowest BCUT2D eigenvalue weighted by Crippen LogP contribution is -2.29. The summed E-state index contributed by atoms with van der Waals surface area (Å²) in [5.41, 5.74) is 2.18. The molecule has 2 aromatic heterocycles. The number of rotatable bonds is 7. The summed E-state index contributed by atoms with van der Waals surface area (Å²) in [6.45, 7) is 3.07.